The maximum atomic E-state index is 13.6. The van der Waals surface area contributed by atoms with Gasteiger partial charge in [0.05, 0.1) is 12.0 Å². The second-order valence-corrected chi connectivity index (χ2v) is 9.61. The molecule has 0 fully saturated rings. The van der Waals surface area contributed by atoms with E-state index >= 15 is 0 Å². The van der Waals surface area contributed by atoms with Gasteiger partial charge in [0.15, 0.2) is 0 Å². The number of nitrogens with zero attached hydrogens (tertiary/aromatic N) is 1. The molecule has 1 unspecified atom stereocenters. The number of hydrogen-bond donors (Lipinski definition) is 3. The van der Waals surface area contributed by atoms with Gasteiger partial charge in [-0.15, -0.1) is 0 Å². The Morgan fingerprint density at radius 3 is 2.33 bits per heavy atom. The van der Waals surface area contributed by atoms with Gasteiger partial charge in [0.2, 0.25) is 18.2 Å². The second-order valence-electron chi connectivity index (χ2n) is 9.61. The van der Waals surface area contributed by atoms with E-state index in [0.717, 1.165) is 29.2 Å². The Labute approximate surface area is 196 Å². The first kappa shape index (κ1) is 26.3. The monoisotopic (exact) mass is 455 g/mol. The summed E-state index contributed by atoms with van der Waals surface area (Å²) in [5.41, 5.74) is 0.396. The van der Waals surface area contributed by atoms with Gasteiger partial charge in [0.25, 0.3) is 0 Å². The van der Waals surface area contributed by atoms with Crippen LogP contribution in [-0.2, 0) is 20.8 Å². The molecule has 0 aliphatic carbocycles. The highest BCUT2D eigenvalue weighted by atomic mass is 16.5. The molecule has 0 aromatic heterocycles. The predicted octanol–water partition coefficient (Wildman–Crippen LogP) is 3.68. The first-order chi connectivity index (χ1) is 15.6. The van der Waals surface area contributed by atoms with Crippen LogP contribution in [0.2, 0.25) is 0 Å². The fraction of sp³-hybridized carbons (Fsp3) is 0.500. The molecule has 0 aliphatic rings. The molecule has 33 heavy (non-hydrogen) atoms. The lowest BCUT2D eigenvalue weighted by Gasteiger charge is -2.34. The van der Waals surface area contributed by atoms with Crippen LogP contribution in [0.25, 0.3) is 10.8 Å². The van der Waals surface area contributed by atoms with E-state index in [2.05, 4.69) is 10.6 Å². The van der Waals surface area contributed by atoms with Crippen LogP contribution in [0.1, 0.15) is 52.5 Å². The normalized spacial score (nSPS) is 14.2. The molecular weight excluding hydrogens is 418 g/mol. The van der Waals surface area contributed by atoms with E-state index in [1.165, 1.54) is 7.05 Å². The number of amides is 3. The molecule has 2 rings (SSSR count). The maximum absolute atomic E-state index is 13.6. The highest BCUT2D eigenvalue weighted by Crippen LogP contribution is 2.26. The largest absolute Gasteiger partial charge is 0.357 e. The molecule has 7 heteroatoms. The fourth-order valence-corrected chi connectivity index (χ4v) is 4.10. The van der Waals surface area contributed by atoms with Crippen molar-refractivity contribution in [1.29, 1.82) is 0 Å². The fourth-order valence-electron chi connectivity index (χ4n) is 4.10. The molecular formula is C26H37N3O4. The number of likely N-dealkylation sites (N-methyl/N-ethyl adjacent to an activating group) is 1. The lowest BCUT2D eigenvalue weighted by molar-refractivity contribution is -0.169. The Morgan fingerprint density at radius 2 is 1.76 bits per heavy atom. The number of nitrogens with one attached hydrogen (secondary N) is 2. The first-order valence-electron chi connectivity index (χ1n) is 11.5. The molecule has 0 heterocycles. The number of unbranched alkanes of at least 4 members (excludes halogenated alkanes) is 1. The Morgan fingerprint density at radius 1 is 1.09 bits per heavy atom. The molecule has 0 saturated heterocycles. The Balaban J connectivity index is 2.43. The highest BCUT2D eigenvalue weighted by molar-refractivity contribution is 5.89. The summed E-state index contributed by atoms with van der Waals surface area (Å²) in [6, 6.07) is 12.5. The zero-order chi connectivity index (χ0) is 24.6. The van der Waals surface area contributed by atoms with Crippen LogP contribution in [0.5, 0.6) is 0 Å². The summed E-state index contributed by atoms with van der Waals surface area (Å²) in [6.45, 7) is 7.65. The van der Waals surface area contributed by atoms with Gasteiger partial charge in [-0.25, -0.2) is 5.06 Å². The number of fused-ring (bicyclic) bond motifs is 1. The molecule has 0 radical (unpaired) electrons. The summed E-state index contributed by atoms with van der Waals surface area (Å²) >= 11 is 0. The number of carbonyl (C=O) groups is 3. The standard InChI is InChI=1S/C26H37N3O4/c1-6-7-12-22(29(33)17-30)21(24(31)28-23(25(32)27-5)26(2,3)4)16-18-13-14-19-10-8-9-11-20(19)15-18/h8-11,13-15,17,21-23,33H,6-7,12,16H2,1-5H3,(H,27,32)(H,28,31)/t21-,22?,23-/m1/s1. The van der Waals surface area contributed by atoms with Crippen molar-refractivity contribution in [1.82, 2.24) is 15.7 Å². The van der Waals surface area contributed by atoms with Crippen molar-refractivity contribution < 1.29 is 19.6 Å². The first-order valence-corrected chi connectivity index (χ1v) is 11.5. The van der Waals surface area contributed by atoms with Gasteiger partial charge < -0.3 is 10.6 Å². The quantitative estimate of drug-likeness (QED) is 0.273. The molecule has 3 amide bonds. The molecule has 2 aromatic rings. The lowest BCUT2D eigenvalue weighted by atomic mass is 9.83. The van der Waals surface area contributed by atoms with Crippen molar-refractivity contribution in [2.24, 2.45) is 11.3 Å². The van der Waals surface area contributed by atoms with E-state index in [-0.39, 0.29) is 11.8 Å². The average Bonchev–Trinajstić information content (AvgIpc) is 2.80. The third-order valence-electron chi connectivity index (χ3n) is 6.03. The SMILES string of the molecule is CCCCC([C@@H](Cc1ccc2ccccc2c1)C(=O)N[C@H](C(=O)NC)C(C)(C)C)N(O)C=O. The number of hydroxylamine groups is 2. The van der Waals surface area contributed by atoms with Gasteiger partial charge in [0.1, 0.15) is 6.04 Å². The van der Waals surface area contributed by atoms with Crippen LogP contribution in [0.15, 0.2) is 42.5 Å². The molecule has 2 aromatic carbocycles. The Hall–Kier alpha value is -2.93. The Kier molecular flexibility index (Phi) is 9.41. The molecule has 0 saturated carbocycles. The van der Waals surface area contributed by atoms with Gasteiger partial charge in [-0.3, -0.25) is 19.6 Å². The third-order valence-corrected chi connectivity index (χ3v) is 6.03. The van der Waals surface area contributed by atoms with E-state index in [0.29, 0.717) is 24.3 Å². The van der Waals surface area contributed by atoms with Crippen LogP contribution >= 0.6 is 0 Å². The molecule has 7 nitrogen and oxygen atoms in total. The van der Waals surface area contributed by atoms with Gasteiger partial charge in [-0.2, -0.15) is 0 Å². The summed E-state index contributed by atoms with van der Waals surface area (Å²) < 4.78 is 0. The second kappa shape index (κ2) is 11.8. The van der Waals surface area contributed by atoms with Gasteiger partial charge >= 0.3 is 0 Å². The van der Waals surface area contributed by atoms with Gasteiger partial charge in [-0.05, 0) is 34.6 Å². The van der Waals surface area contributed by atoms with E-state index < -0.39 is 23.4 Å². The summed E-state index contributed by atoms with van der Waals surface area (Å²) in [5, 5.41) is 18.6. The smallest absolute Gasteiger partial charge is 0.242 e. The predicted molar refractivity (Wildman–Crippen MR) is 130 cm³/mol. The van der Waals surface area contributed by atoms with Crippen LogP contribution < -0.4 is 10.6 Å². The summed E-state index contributed by atoms with van der Waals surface area (Å²) in [4.78, 5) is 37.6. The van der Waals surface area contributed by atoms with Crippen molar-refractivity contribution in [3.63, 3.8) is 0 Å². The minimum atomic E-state index is -0.760. The molecule has 0 spiro atoms. The molecule has 180 valence electrons. The van der Waals surface area contributed by atoms with Crippen LogP contribution in [0, 0.1) is 11.3 Å². The number of rotatable bonds is 11. The zero-order valence-electron chi connectivity index (χ0n) is 20.3. The molecule has 0 aliphatic heterocycles. The summed E-state index contributed by atoms with van der Waals surface area (Å²) in [5.74, 6) is -1.39. The van der Waals surface area contributed by atoms with Crippen LogP contribution in [-0.4, -0.2) is 47.6 Å². The van der Waals surface area contributed by atoms with E-state index in [1.54, 1.807) is 0 Å². The van der Waals surface area contributed by atoms with E-state index in [4.69, 9.17) is 0 Å². The van der Waals surface area contributed by atoms with Crippen molar-refractivity contribution in [2.75, 3.05) is 7.05 Å². The number of benzene rings is 2. The Bertz CT molecular complexity index is 954. The minimum absolute atomic E-state index is 0.290. The minimum Gasteiger partial charge on any atom is -0.357 e. The third kappa shape index (κ3) is 7.02. The molecule has 3 N–H and O–H groups in total. The average molecular weight is 456 g/mol. The molecule has 3 atom stereocenters. The van der Waals surface area contributed by atoms with Crippen LogP contribution in [0.3, 0.4) is 0 Å². The lowest BCUT2D eigenvalue weighted by Crippen LogP contribution is -2.56. The van der Waals surface area contributed by atoms with Crippen molar-refractivity contribution in [3.8, 4) is 0 Å². The van der Waals surface area contributed by atoms with Crippen molar-refractivity contribution in [3.05, 3.63) is 48.0 Å². The van der Waals surface area contributed by atoms with Crippen molar-refractivity contribution >= 4 is 29.0 Å². The van der Waals surface area contributed by atoms with Crippen LogP contribution in [0.4, 0.5) is 0 Å². The van der Waals surface area contributed by atoms with Gasteiger partial charge in [-0.1, -0.05) is 83.0 Å². The number of hydrogen-bond acceptors (Lipinski definition) is 4. The zero-order valence-corrected chi connectivity index (χ0v) is 20.3. The van der Waals surface area contributed by atoms with E-state index in [9.17, 15) is 19.6 Å². The van der Waals surface area contributed by atoms with E-state index in [1.807, 2.05) is 70.2 Å². The van der Waals surface area contributed by atoms with Crippen molar-refractivity contribution in [2.45, 2.75) is 65.5 Å². The van der Waals surface area contributed by atoms with Gasteiger partial charge in [0, 0.05) is 7.05 Å². The topological polar surface area (TPSA) is 98.7 Å². The highest BCUT2D eigenvalue weighted by Gasteiger charge is 2.37. The molecule has 0 bridgehead atoms. The summed E-state index contributed by atoms with van der Waals surface area (Å²) in [7, 11) is 1.53. The summed E-state index contributed by atoms with van der Waals surface area (Å²) in [6.07, 6.45) is 2.74. The number of carbonyl (C=O) groups excluding carboxylic acids is 3. The maximum Gasteiger partial charge on any atom is 0.242 e.